The van der Waals surface area contributed by atoms with E-state index in [0.29, 0.717) is 6.42 Å². The number of anilines is 2. The SMILES string of the molecule is CC(=O)N1c2ccc(S(=O)(=O)Nc3cccc(C(=O)O)c3)cc2C[C@H]1C. The second kappa shape index (κ2) is 6.45. The second-order valence-corrected chi connectivity index (χ2v) is 7.91. The van der Waals surface area contributed by atoms with Crippen molar-refractivity contribution in [1.29, 1.82) is 0 Å². The molecule has 1 aliphatic heterocycles. The molecule has 0 unspecified atom stereocenters. The van der Waals surface area contributed by atoms with Crippen molar-refractivity contribution in [3.8, 4) is 0 Å². The highest BCUT2D eigenvalue weighted by molar-refractivity contribution is 7.92. The van der Waals surface area contributed by atoms with E-state index >= 15 is 0 Å². The summed E-state index contributed by atoms with van der Waals surface area (Å²) in [6.07, 6.45) is 0.576. The standard InChI is InChI=1S/C18H18N2O5S/c1-11-8-14-10-16(6-7-17(14)20(11)12(2)21)26(24,25)19-15-5-3-4-13(9-15)18(22)23/h3-7,9-11,19H,8H2,1-2H3,(H,22,23)/t11-/m1/s1. The van der Waals surface area contributed by atoms with Gasteiger partial charge in [-0.2, -0.15) is 0 Å². The molecule has 2 aromatic carbocycles. The monoisotopic (exact) mass is 374 g/mol. The summed E-state index contributed by atoms with van der Waals surface area (Å²) in [7, 11) is -3.88. The van der Waals surface area contributed by atoms with Gasteiger partial charge in [0, 0.05) is 24.3 Å². The van der Waals surface area contributed by atoms with Crippen LogP contribution in [0.25, 0.3) is 0 Å². The zero-order chi connectivity index (χ0) is 19.1. The molecule has 2 aromatic rings. The molecular weight excluding hydrogens is 356 g/mol. The molecule has 26 heavy (non-hydrogen) atoms. The third kappa shape index (κ3) is 3.28. The van der Waals surface area contributed by atoms with Crippen LogP contribution in [-0.2, 0) is 21.2 Å². The minimum atomic E-state index is -3.88. The number of carboxylic acids is 1. The number of hydrogen-bond acceptors (Lipinski definition) is 4. The molecule has 2 N–H and O–H groups in total. The first-order valence-electron chi connectivity index (χ1n) is 7.98. The highest BCUT2D eigenvalue weighted by Crippen LogP contribution is 2.34. The van der Waals surface area contributed by atoms with Crippen molar-refractivity contribution in [3.63, 3.8) is 0 Å². The van der Waals surface area contributed by atoms with E-state index in [-0.39, 0.29) is 28.1 Å². The average Bonchev–Trinajstić information content (AvgIpc) is 2.89. The van der Waals surface area contributed by atoms with E-state index in [1.807, 2.05) is 6.92 Å². The Hall–Kier alpha value is -2.87. The summed E-state index contributed by atoms with van der Waals surface area (Å²) in [5.41, 5.74) is 1.67. The molecule has 1 heterocycles. The number of hydrogen-bond donors (Lipinski definition) is 2. The Balaban J connectivity index is 1.92. The van der Waals surface area contributed by atoms with Crippen LogP contribution < -0.4 is 9.62 Å². The van der Waals surface area contributed by atoms with Crippen LogP contribution in [0.2, 0.25) is 0 Å². The van der Waals surface area contributed by atoms with E-state index in [4.69, 9.17) is 5.11 Å². The Kier molecular flexibility index (Phi) is 4.45. The van der Waals surface area contributed by atoms with Crippen LogP contribution >= 0.6 is 0 Å². The maximum absolute atomic E-state index is 12.6. The fourth-order valence-corrected chi connectivity index (χ4v) is 4.28. The van der Waals surface area contributed by atoms with Crippen molar-refractivity contribution in [2.75, 3.05) is 9.62 Å². The Morgan fingerprint density at radius 3 is 2.58 bits per heavy atom. The summed E-state index contributed by atoms with van der Waals surface area (Å²) in [5, 5.41) is 9.02. The third-order valence-electron chi connectivity index (χ3n) is 4.28. The largest absolute Gasteiger partial charge is 0.478 e. The molecule has 0 bridgehead atoms. The van der Waals surface area contributed by atoms with Crippen molar-refractivity contribution >= 4 is 33.3 Å². The number of carbonyl (C=O) groups is 2. The second-order valence-electron chi connectivity index (χ2n) is 6.22. The van der Waals surface area contributed by atoms with Crippen molar-refractivity contribution in [1.82, 2.24) is 0 Å². The Labute approximate surface area is 151 Å². The van der Waals surface area contributed by atoms with Gasteiger partial charge in [-0.3, -0.25) is 9.52 Å². The lowest BCUT2D eigenvalue weighted by atomic mass is 10.1. The highest BCUT2D eigenvalue weighted by atomic mass is 32.2. The van der Waals surface area contributed by atoms with Crippen molar-refractivity contribution in [2.24, 2.45) is 0 Å². The van der Waals surface area contributed by atoms with Crippen molar-refractivity contribution in [3.05, 3.63) is 53.6 Å². The molecule has 136 valence electrons. The maximum Gasteiger partial charge on any atom is 0.335 e. The lowest BCUT2D eigenvalue weighted by molar-refractivity contribution is -0.116. The Bertz CT molecular complexity index is 1000. The molecular formula is C18H18N2O5S. The van der Waals surface area contributed by atoms with E-state index in [0.717, 1.165) is 11.3 Å². The number of carboxylic acid groups (broad SMARTS) is 1. The van der Waals surface area contributed by atoms with Crippen molar-refractivity contribution < 1.29 is 23.1 Å². The van der Waals surface area contributed by atoms with Crippen LogP contribution in [0.3, 0.4) is 0 Å². The molecule has 1 amide bonds. The lowest BCUT2D eigenvalue weighted by Crippen LogP contribution is -2.33. The first-order valence-corrected chi connectivity index (χ1v) is 9.46. The average molecular weight is 374 g/mol. The van der Waals surface area contributed by atoms with Crippen LogP contribution in [0.5, 0.6) is 0 Å². The minimum Gasteiger partial charge on any atom is -0.478 e. The smallest absolute Gasteiger partial charge is 0.335 e. The van der Waals surface area contributed by atoms with Crippen LogP contribution in [0, 0.1) is 0 Å². The van der Waals surface area contributed by atoms with Gasteiger partial charge in [0.05, 0.1) is 10.5 Å². The number of amides is 1. The zero-order valence-electron chi connectivity index (χ0n) is 14.3. The van der Waals surface area contributed by atoms with E-state index in [9.17, 15) is 18.0 Å². The number of benzene rings is 2. The fourth-order valence-electron chi connectivity index (χ4n) is 3.18. The molecule has 0 aliphatic carbocycles. The van der Waals surface area contributed by atoms with Crippen LogP contribution in [0.15, 0.2) is 47.4 Å². The predicted octanol–water partition coefficient (Wildman–Crippen LogP) is 2.48. The number of carbonyl (C=O) groups excluding carboxylic acids is 1. The quantitative estimate of drug-likeness (QED) is 0.856. The topological polar surface area (TPSA) is 104 Å². The fraction of sp³-hybridized carbons (Fsp3) is 0.222. The zero-order valence-corrected chi connectivity index (χ0v) is 15.1. The van der Waals surface area contributed by atoms with E-state index in [1.165, 1.54) is 37.3 Å². The molecule has 3 rings (SSSR count). The van der Waals surface area contributed by atoms with Gasteiger partial charge in [-0.15, -0.1) is 0 Å². The van der Waals surface area contributed by atoms with Gasteiger partial charge in [0.15, 0.2) is 0 Å². The van der Waals surface area contributed by atoms with Gasteiger partial charge < -0.3 is 10.0 Å². The van der Waals surface area contributed by atoms with Crippen molar-refractivity contribution in [2.45, 2.75) is 31.2 Å². The van der Waals surface area contributed by atoms with Gasteiger partial charge in [0.25, 0.3) is 10.0 Å². The first-order chi connectivity index (χ1) is 12.2. The van der Waals surface area contributed by atoms with Gasteiger partial charge in [-0.1, -0.05) is 6.07 Å². The molecule has 1 atom stereocenters. The number of fused-ring (bicyclic) bond motifs is 1. The van der Waals surface area contributed by atoms with Gasteiger partial charge in [-0.25, -0.2) is 13.2 Å². The van der Waals surface area contributed by atoms with Gasteiger partial charge >= 0.3 is 5.97 Å². The van der Waals surface area contributed by atoms with E-state index < -0.39 is 16.0 Å². The summed E-state index contributed by atoms with van der Waals surface area (Å²) < 4.78 is 27.7. The number of sulfonamides is 1. The lowest BCUT2D eigenvalue weighted by Gasteiger charge is -2.20. The van der Waals surface area contributed by atoms with Gasteiger partial charge in [0.2, 0.25) is 5.91 Å². The predicted molar refractivity (Wildman–Crippen MR) is 97.0 cm³/mol. The maximum atomic E-state index is 12.6. The summed E-state index contributed by atoms with van der Waals surface area (Å²) in [6.45, 7) is 3.39. The molecule has 0 saturated heterocycles. The number of rotatable bonds is 4. The Morgan fingerprint density at radius 2 is 1.92 bits per heavy atom. The van der Waals surface area contributed by atoms with Crippen LogP contribution in [0.1, 0.15) is 29.8 Å². The molecule has 0 radical (unpaired) electrons. The summed E-state index contributed by atoms with van der Waals surface area (Å²) >= 11 is 0. The number of nitrogens with zero attached hydrogens (tertiary/aromatic N) is 1. The molecule has 1 aliphatic rings. The van der Waals surface area contributed by atoms with Gasteiger partial charge in [0.1, 0.15) is 0 Å². The number of aromatic carboxylic acids is 1. The highest BCUT2D eigenvalue weighted by Gasteiger charge is 2.30. The molecule has 7 nitrogen and oxygen atoms in total. The summed E-state index contributed by atoms with van der Waals surface area (Å²) in [4.78, 5) is 24.5. The van der Waals surface area contributed by atoms with E-state index in [2.05, 4.69) is 4.72 Å². The third-order valence-corrected chi connectivity index (χ3v) is 5.66. The Morgan fingerprint density at radius 1 is 1.19 bits per heavy atom. The van der Waals surface area contributed by atoms with Crippen LogP contribution in [-0.4, -0.2) is 31.4 Å². The first kappa shape index (κ1) is 17.9. The van der Waals surface area contributed by atoms with Gasteiger partial charge in [-0.05, 0) is 55.3 Å². The van der Waals surface area contributed by atoms with E-state index in [1.54, 1.807) is 17.0 Å². The minimum absolute atomic E-state index is 0.00919. The molecule has 0 aromatic heterocycles. The molecule has 0 saturated carbocycles. The number of nitrogens with one attached hydrogen (secondary N) is 1. The summed E-state index contributed by atoms with van der Waals surface area (Å²) in [6, 6.07) is 10.2. The molecule has 8 heteroatoms. The normalized spacial score (nSPS) is 16.2. The van der Waals surface area contributed by atoms with Crippen LogP contribution in [0.4, 0.5) is 11.4 Å². The molecule has 0 fully saturated rings. The molecule has 0 spiro atoms. The summed E-state index contributed by atoms with van der Waals surface area (Å²) in [5.74, 6) is -1.22.